The van der Waals surface area contributed by atoms with Gasteiger partial charge in [-0.25, -0.2) is 8.42 Å². The van der Waals surface area contributed by atoms with Crippen LogP contribution in [0.25, 0.3) is 10.8 Å². The van der Waals surface area contributed by atoms with Crippen LogP contribution in [0.3, 0.4) is 0 Å². The van der Waals surface area contributed by atoms with Crippen molar-refractivity contribution in [2.75, 3.05) is 31.6 Å². The Hall–Kier alpha value is -1.96. The molecule has 2 aromatic carbocycles. The molecule has 0 atom stereocenters. The van der Waals surface area contributed by atoms with E-state index < -0.39 is 10.0 Å². The second kappa shape index (κ2) is 6.54. The van der Waals surface area contributed by atoms with Crippen LogP contribution in [0.15, 0.2) is 35.2 Å². The van der Waals surface area contributed by atoms with Gasteiger partial charge in [-0.05, 0) is 56.3 Å². The molecule has 0 radical (unpaired) electrons. The van der Waals surface area contributed by atoms with E-state index in [1.54, 1.807) is 40.5 Å². The van der Waals surface area contributed by atoms with Gasteiger partial charge in [-0.2, -0.15) is 4.31 Å². The van der Waals surface area contributed by atoms with E-state index in [-0.39, 0.29) is 5.91 Å². The number of amides is 1. The van der Waals surface area contributed by atoms with Crippen LogP contribution < -0.4 is 10.2 Å². The predicted molar refractivity (Wildman–Crippen MR) is 109 cm³/mol. The highest BCUT2D eigenvalue weighted by Gasteiger charge is 2.34. The lowest BCUT2D eigenvalue weighted by molar-refractivity contribution is 0.0999. The number of benzene rings is 2. The van der Waals surface area contributed by atoms with E-state index in [4.69, 9.17) is 0 Å². The first-order valence-corrected chi connectivity index (χ1v) is 11.5. The number of nitrogens with zero attached hydrogens (tertiary/aromatic N) is 2. The average Bonchev–Trinajstić information content (AvgIpc) is 3.51. The van der Waals surface area contributed by atoms with E-state index in [9.17, 15) is 13.2 Å². The Morgan fingerprint density at radius 2 is 1.82 bits per heavy atom. The van der Waals surface area contributed by atoms with E-state index in [0.29, 0.717) is 35.0 Å². The van der Waals surface area contributed by atoms with Gasteiger partial charge in [0.2, 0.25) is 10.0 Å². The van der Waals surface area contributed by atoms with Gasteiger partial charge in [-0.3, -0.25) is 4.79 Å². The quantitative estimate of drug-likeness (QED) is 0.839. The highest BCUT2D eigenvalue weighted by atomic mass is 32.2. The molecule has 0 bridgehead atoms. The Morgan fingerprint density at radius 1 is 1.07 bits per heavy atom. The molecule has 1 amide bonds. The first kappa shape index (κ1) is 18.1. The zero-order valence-electron chi connectivity index (χ0n) is 16.0. The van der Waals surface area contributed by atoms with Gasteiger partial charge in [-0.1, -0.05) is 12.1 Å². The fourth-order valence-electron chi connectivity index (χ4n) is 4.43. The third-order valence-corrected chi connectivity index (χ3v) is 8.30. The van der Waals surface area contributed by atoms with E-state index in [1.807, 2.05) is 6.07 Å². The summed E-state index contributed by atoms with van der Waals surface area (Å²) in [5, 5.41) is 4.98. The third-order valence-electron chi connectivity index (χ3n) is 6.34. The summed E-state index contributed by atoms with van der Waals surface area (Å²) in [4.78, 5) is 14.3. The number of sulfonamides is 1. The fraction of sp³-hybridized carbons (Fsp3) is 0.476. The Bertz CT molecular complexity index is 1050. The summed E-state index contributed by atoms with van der Waals surface area (Å²) in [7, 11) is -1.87. The lowest BCUT2D eigenvalue weighted by Gasteiger charge is -2.32. The molecule has 6 nitrogen and oxygen atoms in total. The van der Waals surface area contributed by atoms with Crippen LogP contribution in [0, 0.1) is 5.92 Å². The molecule has 0 unspecified atom stereocenters. The molecule has 148 valence electrons. The van der Waals surface area contributed by atoms with Crippen molar-refractivity contribution in [3.8, 4) is 0 Å². The molecule has 1 N–H and O–H groups in total. The number of rotatable bonds is 5. The van der Waals surface area contributed by atoms with Crippen LogP contribution >= 0.6 is 0 Å². The van der Waals surface area contributed by atoms with Crippen LogP contribution in [-0.2, 0) is 10.0 Å². The number of hydrogen-bond donors (Lipinski definition) is 1. The van der Waals surface area contributed by atoms with Crippen molar-refractivity contribution in [1.29, 1.82) is 0 Å². The van der Waals surface area contributed by atoms with Crippen LogP contribution in [-0.4, -0.2) is 51.4 Å². The molecular formula is C21H25N3O3S. The number of carbonyl (C=O) groups is 1. The lowest BCUT2D eigenvalue weighted by Crippen LogP contribution is -2.45. The zero-order chi connectivity index (χ0) is 19.5. The molecule has 7 heteroatoms. The van der Waals surface area contributed by atoms with Crippen molar-refractivity contribution in [1.82, 2.24) is 9.62 Å². The molecule has 2 aromatic rings. The molecule has 0 spiro atoms. The van der Waals surface area contributed by atoms with Crippen LogP contribution in [0.2, 0.25) is 0 Å². The van der Waals surface area contributed by atoms with Crippen molar-refractivity contribution in [3.05, 3.63) is 35.9 Å². The van der Waals surface area contributed by atoms with E-state index in [1.165, 1.54) is 12.8 Å². The summed E-state index contributed by atoms with van der Waals surface area (Å²) in [5.41, 5.74) is 1.35. The van der Waals surface area contributed by atoms with Gasteiger partial charge in [0.1, 0.15) is 0 Å². The van der Waals surface area contributed by atoms with Crippen molar-refractivity contribution in [3.63, 3.8) is 0 Å². The fourth-order valence-corrected chi connectivity index (χ4v) is 6.09. The molecule has 1 saturated heterocycles. The minimum atomic E-state index is -3.60. The molecule has 2 aliphatic heterocycles. The van der Waals surface area contributed by atoms with Crippen molar-refractivity contribution in [2.24, 2.45) is 5.92 Å². The maximum absolute atomic E-state index is 13.4. The summed E-state index contributed by atoms with van der Waals surface area (Å²) in [6, 6.07) is 9.17. The van der Waals surface area contributed by atoms with E-state index in [2.05, 4.69) is 5.32 Å². The number of carbonyl (C=O) groups excluding carboxylic acids is 1. The second-order valence-electron chi connectivity index (χ2n) is 8.21. The van der Waals surface area contributed by atoms with Gasteiger partial charge in [-0.15, -0.1) is 0 Å². The van der Waals surface area contributed by atoms with Crippen molar-refractivity contribution < 1.29 is 13.2 Å². The Kier molecular flexibility index (Phi) is 4.23. The smallest absolute Gasteiger partial charge is 0.258 e. The monoisotopic (exact) mass is 399 g/mol. The normalized spacial score (nSPS) is 21.0. The maximum Gasteiger partial charge on any atom is 0.258 e. The summed E-state index contributed by atoms with van der Waals surface area (Å²) in [6.07, 6.45) is 4.33. The minimum absolute atomic E-state index is 0.0855. The standard InChI is InChI=1S/C21H25N3O3S/c1-23-18-7-8-19(16-3-2-4-17(20(16)18)21(23)25)28(26,27)24-11-9-15(10-12-24)22-13-14-5-6-14/h2-4,7-8,14-15,22H,5-6,9-13H2,1H3. The van der Waals surface area contributed by atoms with Crippen LogP contribution in [0.1, 0.15) is 36.0 Å². The second-order valence-corrected chi connectivity index (χ2v) is 10.1. The Labute approximate surface area is 165 Å². The molecule has 3 aliphatic rings. The van der Waals surface area contributed by atoms with E-state index >= 15 is 0 Å². The first-order valence-electron chi connectivity index (χ1n) is 10.0. The predicted octanol–water partition coefficient (Wildman–Crippen LogP) is 2.58. The Morgan fingerprint density at radius 3 is 2.54 bits per heavy atom. The molecule has 5 rings (SSSR count). The minimum Gasteiger partial charge on any atom is -0.314 e. The number of nitrogens with one attached hydrogen (secondary N) is 1. The average molecular weight is 400 g/mol. The summed E-state index contributed by atoms with van der Waals surface area (Å²) in [5.74, 6) is 0.744. The first-order chi connectivity index (χ1) is 13.5. The largest absolute Gasteiger partial charge is 0.314 e. The Balaban J connectivity index is 1.43. The molecule has 1 saturated carbocycles. The number of piperidine rings is 1. The highest BCUT2D eigenvalue weighted by molar-refractivity contribution is 7.89. The van der Waals surface area contributed by atoms with Gasteiger partial charge in [0.25, 0.3) is 5.91 Å². The maximum atomic E-state index is 13.4. The molecule has 2 fully saturated rings. The summed E-state index contributed by atoms with van der Waals surface area (Å²) < 4.78 is 28.4. The lowest BCUT2D eigenvalue weighted by atomic mass is 10.1. The molecular weight excluding hydrogens is 374 g/mol. The summed E-state index contributed by atoms with van der Waals surface area (Å²) >= 11 is 0. The topological polar surface area (TPSA) is 69.7 Å². The molecule has 28 heavy (non-hydrogen) atoms. The van der Waals surface area contributed by atoms with E-state index in [0.717, 1.165) is 36.4 Å². The van der Waals surface area contributed by atoms with Gasteiger partial charge < -0.3 is 10.2 Å². The van der Waals surface area contributed by atoms with Crippen LogP contribution in [0.5, 0.6) is 0 Å². The molecule has 1 aliphatic carbocycles. The van der Waals surface area contributed by atoms with Gasteiger partial charge in [0.15, 0.2) is 0 Å². The third kappa shape index (κ3) is 2.84. The van der Waals surface area contributed by atoms with Crippen molar-refractivity contribution >= 4 is 32.4 Å². The van der Waals surface area contributed by atoms with Gasteiger partial charge in [0.05, 0.1) is 10.6 Å². The molecule has 0 aromatic heterocycles. The highest BCUT2D eigenvalue weighted by Crippen LogP contribution is 2.40. The SMILES string of the molecule is CN1C(=O)c2cccc3c(S(=O)(=O)N4CCC(NCC5CC5)CC4)ccc1c23. The van der Waals surface area contributed by atoms with Gasteiger partial charge >= 0.3 is 0 Å². The van der Waals surface area contributed by atoms with Crippen molar-refractivity contribution in [2.45, 2.75) is 36.6 Å². The van der Waals surface area contributed by atoms with Crippen LogP contribution in [0.4, 0.5) is 5.69 Å². The number of anilines is 1. The number of hydrogen-bond acceptors (Lipinski definition) is 4. The zero-order valence-corrected chi connectivity index (χ0v) is 16.8. The van der Waals surface area contributed by atoms with Gasteiger partial charge in [0, 0.05) is 42.5 Å². The molecule has 2 heterocycles. The summed E-state index contributed by atoms with van der Waals surface area (Å²) in [6.45, 7) is 2.13.